The molecule has 2 rings (SSSR count). The number of nitrogens with zero attached hydrogens (tertiary/aromatic N) is 2. The molecule has 0 fully saturated rings. The highest BCUT2D eigenvalue weighted by Crippen LogP contribution is 2.27. The van der Waals surface area contributed by atoms with Crippen LogP contribution in [0.3, 0.4) is 0 Å². The number of fused-ring (bicyclic) bond motifs is 1. The molecule has 0 radical (unpaired) electrons. The molecule has 0 saturated carbocycles. The summed E-state index contributed by atoms with van der Waals surface area (Å²) in [6.07, 6.45) is 2.71. The van der Waals surface area contributed by atoms with E-state index in [9.17, 15) is 4.79 Å². The van der Waals surface area contributed by atoms with E-state index >= 15 is 0 Å². The fourth-order valence-corrected chi connectivity index (χ4v) is 2.94. The molecular weight excluding hydrogens is 272 g/mol. The number of hydrogen-bond acceptors (Lipinski definition) is 4. The van der Waals surface area contributed by atoms with Gasteiger partial charge in [0.25, 0.3) is 0 Å². The molecule has 20 heavy (non-hydrogen) atoms. The van der Waals surface area contributed by atoms with E-state index in [0.29, 0.717) is 11.0 Å². The lowest BCUT2D eigenvalue weighted by Gasteiger charge is -2.20. The molecule has 110 valence electrons. The van der Waals surface area contributed by atoms with Crippen LogP contribution in [0.1, 0.15) is 31.3 Å². The van der Waals surface area contributed by atoms with Crippen LogP contribution in [-0.2, 0) is 13.0 Å². The number of rotatable bonds is 3. The van der Waals surface area contributed by atoms with Crippen LogP contribution < -0.4 is 10.6 Å². The van der Waals surface area contributed by atoms with Crippen LogP contribution in [-0.4, -0.2) is 29.5 Å². The van der Waals surface area contributed by atoms with Crippen LogP contribution in [0.15, 0.2) is 11.8 Å². The Hall–Kier alpha value is -1.40. The summed E-state index contributed by atoms with van der Waals surface area (Å²) in [5.74, 6) is 0.429. The monoisotopic (exact) mass is 294 g/mol. The molecule has 0 spiro atoms. The van der Waals surface area contributed by atoms with Gasteiger partial charge < -0.3 is 10.2 Å². The number of carbonyl (C=O) groups excluding carboxylic acids is 1. The van der Waals surface area contributed by atoms with Crippen molar-refractivity contribution in [2.75, 3.05) is 18.9 Å². The lowest BCUT2D eigenvalue weighted by molar-refractivity contribution is 0.255. The number of aromatic nitrogens is 1. The van der Waals surface area contributed by atoms with Crippen molar-refractivity contribution in [3.05, 3.63) is 22.3 Å². The van der Waals surface area contributed by atoms with Crippen molar-refractivity contribution in [1.82, 2.24) is 15.2 Å². The Balaban J connectivity index is 1.94. The summed E-state index contributed by atoms with van der Waals surface area (Å²) < 4.78 is 0. The third-order valence-corrected chi connectivity index (χ3v) is 4.48. The van der Waals surface area contributed by atoms with Gasteiger partial charge in [-0.3, -0.25) is 5.32 Å². The molecule has 1 aromatic heterocycles. The van der Waals surface area contributed by atoms with Crippen molar-refractivity contribution in [1.29, 1.82) is 0 Å². The first-order valence-corrected chi connectivity index (χ1v) is 7.68. The van der Waals surface area contributed by atoms with Gasteiger partial charge in [0.2, 0.25) is 0 Å². The summed E-state index contributed by atoms with van der Waals surface area (Å²) >= 11 is 1.56. The van der Waals surface area contributed by atoms with Gasteiger partial charge in [0.05, 0.1) is 5.69 Å². The summed E-state index contributed by atoms with van der Waals surface area (Å²) in [7, 11) is 2.10. The van der Waals surface area contributed by atoms with E-state index in [2.05, 4.69) is 41.4 Å². The van der Waals surface area contributed by atoms with Crippen LogP contribution in [0.25, 0.3) is 0 Å². The van der Waals surface area contributed by atoms with Crippen molar-refractivity contribution in [3.8, 4) is 0 Å². The summed E-state index contributed by atoms with van der Waals surface area (Å²) in [5.41, 5.74) is 2.26. The zero-order chi connectivity index (χ0) is 14.7. The average molecular weight is 294 g/mol. The van der Waals surface area contributed by atoms with E-state index in [0.717, 1.165) is 30.8 Å². The molecule has 2 heterocycles. The fourth-order valence-electron chi connectivity index (χ4n) is 1.86. The van der Waals surface area contributed by atoms with E-state index < -0.39 is 0 Å². The molecule has 1 aromatic rings. The van der Waals surface area contributed by atoms with Gasteiger partial charge in [0.15, 0.2) is 5.13 Å². The molecule has 0 aromatic carbocycles. The second kappa shape index (κ2) is 6.37. The second-order valence-electron chi connectivity index (χ2n) is 5.52. The maximum absolute atomic E-state index is 11.8. The predicted octanol–water partition coefficient (Wildman–Crippen LogP) is 2.81. The Labute approximate surface area is 124 Å². The minimum atomic E-state index is -0.232. The topological polar surface area (TPSA) is 57.3 Å². The molecule has 1 aliphatic rings. The highest BCUT2D eigenvalue weighted by molar-refractivity contribution is 7.15. The molecule has 0 unspecified atom stereocenters. The van der Waals surface area contributed by atoms with Crippen molar-refractivity contribution < 1.29 is 4.79 Å². The third-order valence-electron chi connectivity index (χ3n) is 3.48. The minimum absolute atomic E-state index is 0.232. The lowest BCUT2D eigenvalue weighted by Crippen LogP contribution is -2.25. The van der Waals surface area contributed by atoms with Gasteiger partial charge in [-0.25, -0.2) is 9.78 Å². The van der Waals surface area contributed by atoms with Gasteiger partial charge in [0, 0.05) is 30.6 Å². The zero-order valence-corrected chi connectivity index (χ0v) is 13.3. The summed E-state index contributed by atoms with van der Waals surface area (Å²) in [5, 5.41) is 6.23. The maximum atomic E-state index is 11.8. The number of thiazole rings is 1. The normalized spacial score (nSPS) is 16.1. The summed E-state index contributed by atoms with van der Waals surface area (Å²) in [6.45, 7) is 8.14. The molecule has 1 aliphatic heterocycles. The Morgan fingerprint density at radius 1 is 1.50 bits per heavy atom. The molecule has 6 heteroatoms. The van der Waals surface area contributed by atoms with Crippen LogP contribution in [0, 0.1) is 5.92 Å². The number of anilines is 1. The second-order valence-corrected chi connectivity index (χ2v) is 6.60. The lowest BCUT2D eigenvalue weighted by atomic mass is 10.1. The molecule has 5 nitrogen and oxygen atoms in total. The van der Waals surface area contributed by atoms with E-state index in [1.165, 1.54) is 4.88 Å². The Kier molecular flexibility index (Phi) is 4.77. The number of carbonyl (C=O) groups is 1. The number of nitrogens with one attached hydrogen (secondary N) is 2. The number of urea groups is 1. The van der Waals surface area contributed by atoms with E-state index in [1.54, 1.807) is 17.5 Å². The summed E-state index contributed by atoms with van der Waals surface area (Å²) in [4.78, 5) is 19.8. The van der Waals surface area contributed by atoms with Crippen LogP contribution in [0.4, 0.5) is 9.93 Å². The first kappa shape index (κ1) is 15.0. The molecule has 0 aliphatic carbocycles. The average Bonchev–Trinajstić information content (AvgIpc) is 2.76. The highest BCUT2D eigenvalue weighted by atomic mass is 32.1. The van der Waals surface area contributed by atoms with Gasteiger partial charge in [-0.2, -0.15) is 0 Å². The van der Waals surface area contributed by atoms with Gasteiger partial charge in [-0.1, -0.05) is 19.4 Å². The van der Waals surface area contributed by atoms with Gasteiger partial charge in [0.1, 0.15) is 0 Å². The number of amides is 2. The van der Waals surface area contributed by atoms with Gasteiger partial charge in [-0.15, -0.1) is 11.3 Å². The molecule has 2 amide bonds. The Bertz CT molecular complexity index is 521. The van der Waals surface area contributed by atoms with Crippen molar-refractivity contribution in [3.63, 3.8) is 0 Å². The SMILES string of the molecule is C/C(=C\NC(=O)Nc1nc2c(s1)CN(C)CC2)C(C)C. The Morgan fingerprint density at radius 2 is 2.25 bits per heavy atom. The first-order valence-electron chi connectivity index (χ1n) is 6.87. The maximum Gasteiger partial charge on any atom is 0.325 e. The highest BCUT2D eigenvalue weighted by Gasteiger charge is 2.18. The third kappa shape index (κ3) is 3.80. The van der Waals surface area contributed by atoms with Crippen LogP contribution in [0.2, 0.25) is 0 Å². The zero-order valence-electron chi connectivity index (χ0n) is 12.5. The van der Waals surface area contributed by atoms with Crippen molar-refractivity contribution >= 4 is 22.5 Å². The quantitative estimate of drug-likeness (QED) is 0.901. The standard InChI is InChI=1S/C14H22N4OS/c1-9(2)10(3)7-15-13(19)17-14-16-11-5-6-18(4)8-12(11)20-14/h7,9H,5-6,8H2,1-4H3,(H2,15,16,17,19)/b10-7+. The van der Waals surface area contributed by atoms with Crippen molar-refractivity contribution in [2.24, 2.45) is 5.92 Å². The summed E-state index contributed by atoms with van der Waals surface area (Å²) in [6, 6.07) is -0.232. The van der Waals surface area contributed by atoms with E-state index in [4.69, 9.17) is 0 Å². The molecule has 0 atom stereocenters. The first-order chi connectivity index (χ1) is 9.45. The molecule has 0 saturated heterocycles. The predicted molar refractivity (Wildman–Crippen MR) is 82.9 cm³/mol. The smallest absolute Gasteiger partial charge is 0.314 e. The molecular formula is C14H22N4OS. The van der Waals surface area contributed by atoms with Crippen LogP contribution in [0.5, 0.6) is 0 Å². The van der Waals surface area contributed by atoms with Gasteiger partial charge >= 0.3 is 6.03 Å². The van der Waals surface area contributed by atoms with Crippen molar-refractivity contribution in [2.45, 2.75) is 33.7 Å². The molecule has 0 bridgehead atoms. The number of allylic oxidation sites excluding steroid dienone is 1. The van der Waals surface area contributed by atoms with E-state index in [1.807, 2.05) is 6.92 Å². The largest absolute Gasteiger partial charge is 0.325 e. The molecule has 2 N–H and O–H groups in total. The fraction of sp³-hybridized carbons (Fsp3) is 0.571. The van der Waals surface area contributed by atoms with Gasteiger partial charge in [-0.05, 0) is 19.9 Å². The number of likely N-dealkylation sites (N-methyl/N-ethyl adjacent to an activating group) is 1. The van der Waals surface area contributed by atoms with E-state index in [-0.39, 0.29) is 6.03 Å². The van der Waals surface area contributed by atoms with Crippen LogP contribution >= 0.6 is 11.3 Å². The Morgan fingerprint density at radius 3 is 2.95 bits per heavy atom. The number of hydrogen-bond donors (Lipinski definition) is 2. The minimum Gasteiger partial charge on any atom is -0.314 e.